The molecule has 0 spiro atoms. The van der Waals surface area contributed by atoms with E-state index in [0.29, 0.717) is 30.8 Å². The van der Waals surface area contributed by atoms with Crippen LogP contribution in [0, 0.1) is 0 Å². The summed E-state index contributed by atoms with van der Waals surface area (Å²) in [5, 5.41) is 14.0. The molecular formula is C32H34ClF3N2O4. The number of carbonyl (C=O) groups excluding carboxylic acids is 2. The number of halogens is 4. The van der Waals surface area contributed by atoms with Crippen LogP contribution in [0.3, 0.4) is 0 Å². The van der Waals surface area contributed by atoms with Gasteiger partial charge in [-0.2, -0.15) is 13.2 Å². The Labute approximate surface area is 248 Å². The van der Waals surface area contributed by atoms with Gasteiger partial charge in [0, 0.05) is 12.1 Å². The van der Waals surface area contributed by atoms with Gasteiger partial charge in [-0.1, -0.05) is 72.9 Å². The Morgan fingerprint density at radius 2 is 1.69 bits per heavy atom. The summed E-state index contributed by atoms with van der Waals surface area (Å²) < 4.78 is 40.0. The molecule has 4 rings (SSSR count). The number of rotatable bonds is 10. The Bertz CT molecular complexity index is 1360. The van der Waals surface area contributed by atoms with Crippen molar-refractivity contribution in [1.29, 1.82) is 0 Å². The van der Waals surface area contributed by atoms with E-state index in [-0.39, 0.29) is 29.6 Å². The molecule has 10 heteroatoms. The van der Waals surface area contributed by atoms with Crippen LogP contribution >= 0.6 is 11.6 Å². The largest absolute Gasteiger partial charge is 0.481 e. The Balaban J connectivity index is 1.55. The summed E-state index contributed by atoms with van der Waals surface area (Å²) in [5.41, 5.74) is 2.35. The number of aliphatic carboxylic acids is 1. The van der Waals surface area contributed by atoms with Crippen molar-refractivity contribution >= 4 is 35.1 Å². The zero-order chi connectivity index (χ0) is 30.3. The first-order valence-electron chi connectivity index (χ1n) is 14.2. The van der Waals surface area contributed by atoms with Crippen LogP contribution in [-0.2, 0) is 20.6 Å². The molecule has 1 fully saturated rings. The van der Waals surface area contributed by atoms with Crippen molar-refractivity contribution in [3.63, 3.8) is 0 Å². The summed E-state index contributed by atoms with van der Waals surface area (Å²) in [4.78, 5) is 36.7. The smallest absolute Gasteiger partial charge is 0.416 e. The van der Waals surface area contributed by atoms with Crippen LogP contribution in [0.25, 0.3) is 0 Å². The molecule has 1 atom stereocenters. The van der Waals surface area contributed by atoms with Crippen molar-refractivity contribution in [2.24, 2.45) is 0 Å². The lowest BCUT2D eigenvalue weighted by Crippen LogP contribution is -2.28. The Morgan fingerprint density at radius 3 is 2.31 bits per heavy atom. The van der Waals surface area contributed by atoms with Crippen molar-refractivity contribution < 1.29 is 32.7 Å². The minimum absolute atomic E-state index is 0.00103. The van der Waals surface area contributed by atoms with E-state index in [9.17, 15) is 27.6 Å². The third kappa shape index (κ3) is 8.47. The van der Waals surface area contributed by atoms with Crippen LogP contribution in [0.15, 0.2) is 65.8 Å². The monoisotopic (exact) mass is 602 g/mol. The predicted octanol–water partition coefficient (Wildman–Crippen LogP) is 7.76. The molecule has 2 aromatic rings. The standard InChI is InChI=1S/C32H34ClF3N2O4/c33-27-15-14-25(32(34,35)36)19-28(27)38-31(42)26(23-12-10-22(11-13-23)21-4-2-1-3-5-21)18-20-6-8-24(9-7-20)30(41)37-17-16-29(39)40/h6,8,10-15,19,21,26H,1-5,7,9,16-18H2,(H,37,41)(H,38,42)(H,39,40). The molecule has 0 radical (unpaired) electrons. The second kappa shape index (κ2) is 14.1. The molecule has 3 N–H and O–H groups in total. The van der Waals surface area contributed by atoms with Crippen molar-refractivity contribution in [2.45, 2.75) is 75.8 Å². The first kappa shape index (κ1) is 31.3. The maximum atomic E-state index is 13.6. The van der Waals surface area contributed by atoms with Gasteiger partial charge in [-0.05, 0) is 67.3 Å². The SMILES string of the molecule is O=C(O)CCNC(=O)C1=CC=C(CC(C(=O)Nc2cc(C(F)(F)F)ccc2Cl)c2ccc(C3CCCCC3)cc2)CC1. The molecule has 42 heavy (non-hydrogen) atoms. The fourth-order valence-corrected chi connectivity index (χ4v) is 5.68. The number of carboxylic acid groups (broad SMARTS) is 1. The van der Waals surface area contributed by atoms with Crippen molar-refractivity contribution in [2.75, 3.05) is 11.9 Å². The summed E-state index contributed by atoms with van der Waals surface area (Å²) >= 11 is 6.17. The molecule has 2 aromatic carbocycles. The number of amides is 2. The highest BCUT2D eigenvalue weighted by atomic mass is 35.5. The van der Waals surface area contributed by atoms with Crippen molar-refractivity contribution in [3.8, 4) is 0 Å². The van der Waals surface area contributed by atoms with E-state index in [2.05, 4.69) is 10.6 Å². The maximum Gasteiger partial charge on any atom is 0.416 e. The van der Waals surface area contributed by atoms with E-state index in [0.717, 1.165) is 42.2 Å². The van der Waals surface area contributed by atoms with Crippen molar-refractivity contribution in [1.82, 2.24) is 5.32 Å². The number of benzene rings is 2. The van der Waals surface area contributed by atoms with Gasteiger partial charge < -0.3 is 15.7 Å². The zero-order valence-electron chi connectivity index (χ0n) is 23.1. The molecule has 1 saturated carbocycles. The van der Waals surface area contributed by atoms with Crippen LogP contribution in [0.4, 0.5) is 18.9 Å². The zero-order valence-corrected chi connectivity index (χ0v) is 23.9. The van der Waals surface area contributed by atoms with Gasteiger partial charge in [0.1, 0.15) is 0 Å². The van der Waals surface area contributed by atoms with E-state index in [4.69, 9.17) is 16.7 Å². The lowest BCUT2D eigenvalue weighted by molar-refractivity contribution is -0.138. The normalized spacial score (nSPS) is 16.7. The fraction of sp³-hybridized carbons (Fsp3) is 0.406. The molecule has 0 bridgehead atoms. The van der Waals surface area contributed by atoms with Gasteiger partial charge in [-0.3, -0.25) is 14.4 Å². The minimum atomic E-state index is -4.59. The maximum absolute atomic E-state index is 13.6. The summed E-state index contributed by atoms with van der Waals surface area (Å²) in [5.74, 6) is -2.04. The fourth-order valence-electron chi connectivity index (χ4n) is 5.51. The predicted molar refractivity (Wildman–Crippen MR) is 155 cm³/mol. The number of allylic oxidation sites excluding steroid dienone is 3. The third-order valence-electron chi connectivity index (χ3n) is 7.90. The van der Waals surface area contributed by atoms with Gasteiger partial charge in [0.25, 0.3) is 0 Å². The van der Waals surface area contributed by atoms with Crippen LogP contribution in [-0.4, -0.2) is 29.4 Å². The summed E-state index contributed by atoms with van der Waals surface area (Å²) in [6, 6.07) is 10.7. The van der Waals surface area contributed by atoms with Gasteiger partial charge in [0.15, 0.2) is 0 Å². The lowest BCUT2D eigenvalue weighted by Gasteiger charge is -2.24. The molecule has 2 aliphatic carbocycles. The first-order chi connectivity index (χ1) is 20.0. The van der Waals surface area contributed by atoms with E-state index in [1.165, 1.54) is 24.8 Å². The third-order valence-corrected chi connectivity index (χ3v) is 8.23. The molecule has 2 amide bonds. The first-order valence-corrected chi connectivity index (χ1v) is 14.5. The highest BCUT2D eigenvalue weighted by Gasteiger charge is 2.32. The average Bonchev–Trinajstić information content (AvgIpc) is 2.97. The molecule has 0 aromatic heterocycles. The van der Waals surface area contributed by atoms with Gasteiger partial charge in [0.05, 0.1) is 28.6 Å². The van der Waals surface area contributed by atoms with Crippen LogP contribution in [0.1, 0.15) is 86.3 Å². The van der Waals surface area contributed by atoms with Gasteiger partial charge in [-0.15, -0.1) is 0 Å². The number of carbonyl (C=O) groups is 3. The Hall–Kier alpha value is -3.59. The molecule has 0 saturated heterocycles. The van der Waals surface area contributed by atoms with E-state index in [1.54, 1.807) is 12.2 Å². The number of nitrogens with one attached hydrogen (secondary N) is 2. The second-order valence-electron chi connectivity index (χ2n) is 10.9. The second-order valence-corrected chi connectivity index (χ2v) is 11.3. The van der Waals surface area contributed by atoms with Crippen LogP contribution < -0.4 is 10.6 Å². The van der Waals surface area contributed by atoms with E-state index < -0.39 is 29.5 Å². The van der Waals surface area contributed by atoms with E-state index >= 15 is 0 Å². The molecule has 224 valence electrons. The Kier molecular flexibility index (Phi) is 10.5. The Morgan fingerprint density at radius 1 is 0.976 bits per heavy atom. The highest BCUT2D eigenvalue weighted by molar-refractivity contribution is 6.33. The quantitative estimate of drug-likeness (QED) is 0.259. The molecule has 1 unspecified atom stereocenters. The summed E-state index contributed by atoms with van der Waals surface area (Å²) in [6.45, 7) is 0.0271. The van der Waals surface area contributed by atoms with Gasteiger partial charge in [0.2, 0.25) is 11.8 Å². The molecular weight excluding hydrogens is 569 g/mol. The summed E-state index contributed by atoms with van der Waals surface area (Å²) in [6.07, 6.45) is 5.79. The average molecular weight is 603 g/mol. The van der Waals surface area contributed by atoms with Crippen LogP contribution in [0.5, 0.6) is 0 Å². The van der Waals surface area contributed by atoms with Gasteiger partial charge in [-0.25, -0.2) is 0 Å². The number of hydrogen-bond acceptors (Lipinski definition) is 3. The molecule has 0 aliphatic heterocycles. The topological polar surface area (TPSA) is 95.5 Å². The van der Waals surface area contributed by atoms with Crippen LogP contribution in [0.2, 0.25) is 5.02 Å². The molecule has 0 heterocycles. The number of carboxylic acids is 1. The molecule has 6 nitrogen and oxygen atoms in total. The van der Waals surface area contributed by atoms with Gasteiger partial charge >= 0.3 is 12.1 Å². The summed E-state index contributed by atoms with van der Waals surface area (Å²) in [7, 11) is 0. The number of hydrogen-bond donors (Lipinski definition) is 3. The molecule has 2 aliphatic rings. The lowest BCUT2D eigenvalue weighted by atomic mass is 9.82. The van der Waals surface area contributed by atoms with E-state index in [1.807, 2.05) is 24.3 Å². The minimum Gasteiger partial charge on any atom is -0.481 e. The highest BCUT2D eigenvalue weighted by Crippen LogP contribution is 2.37. The number of anilines is 1. The van der Waals surface area contributed by atoms with Crippen molar-refractivity contribution in [3.05, 3.63) is 87.5 Å². The number of alkyl halides is 3.